The first kappa shape index (κ1) is 12.7. The van der Waals surface area contributed by atoms with Gasteiger partial charge < -0.3 is 11.1 Å². The van der Waals surface area contributed by atoms with Gasteiger partial charge in [0.05, 0.1) is 6.04 Å². The molecule has 0 radical (unpaired) electrons. The van der Waals surface area contributed by atoms with E-state index in [-0.39, 0.29) is 11.9 Å². The second-order valence-electron chi connectivity index (χ2n) is 4.01. The molecule has 0 aliphatic heterocycles. The van der Waals surface area contributed by atoms with Gasteiger partial charge in [-0.3, -0.25) is 9.78 Å². The summed E-state index contributed by atoms with van der Waals surface area (Å²) in [4.78, 5) is 16.9. The van der Waals surface area contributed by atoms with Crippen molar-refractivity contribution in [1.82, 2.24) is 10.3 Å². The molecular weight excluding hydrogens is 246 g/mol. The van der Waals surface area contributed by atoms with E-state index in [2.05, 4.69) is 10.3 Å². The first-order valence-corrected chi connectivity index (χ1v) is 6.55. The Morgan fingerprint density at radius 3 is 2.89 bits per heavy atom. The van der Waals surface area contributed by atoms with E-state index in [0.717, 1.165) is 10.4 Å². The highest BCUT2D eigenvalue weighted by Crippen LogP contribution is 2.18. The molecule has 1 amide bonds. The maximum atomic E-state index is 12.0. The van der Waals surface area contributed by atoms with Crippen molar-refractivity contribution in [1.29, 1.82) is 0 Å². The lowest BCUT2D eigenvalue weighted by Gasteiger charge is -2.16. The zero-order valence-corrected chi connectivity index (χ0v) is 10.9. The van der Waals surface area contributed by atoms with E-state index in [1.54, 1.807) is 12.4 Å². The molecule has 0 saturated carbocycles. The predicted octanol–water partition coefficient (Wildman–Crippen LogP) is 2.02. The Morgan fingerprint density at radius 2 is 2.28 bits per heavy atom. The standard InChI is InChI=1S/C13H15N3OS/c1-9(10-4-2-6-15-8-10)16-13(17)12(14)11-5-3-7-18-11/h2-9,12H,14H2,1H3,(H,16,17)/t9-,12?/m1/s1. The fraction of sp³-hybridized carbons (Fsp3) is 0.231. The lowest BCUT2D eigenvalue weighted by atomic mass is 10.1. The summed E-state index contributed by atoms with van der Waals surface area (Å²) in [5.41, 5.74) is 6.85. The Hall–Kier alpha value is -1.72. The van der Waals surface area contributed by atoms with Gasteiger partial charge in [0.1, 0.15) is 6.04 Å². The molecule has 0 spiro atoms. The van der Waals surface area contributed by atoms with Crippen molar-refractivity contribution >= 4 is 17.2 Å². The van der Waals surface area contributed by atoms with Gasteiger partial charge in [0.25, 0.3) is 0 Å². The van der Waals surface area contributed by atoms with Gasteiger partial charge >= 0.3 is 0 Å². The summed E-state index contributed by atoms with van der Waals surface area (Å²) in [7, 11) is 0. The van der Waals surface area contributed by atoms with Crippen molar-refractivity contribution in [3.05, 3.63) is 52.5 Å². The monoisotopic (exact) mass is 261 g/mol. The average molecular weight is 261 g/mol. The molecule has 0 bridgehead atoms. The number of hydrogen-bond acceptors (Lipinski definition) is 4. The molecular formula is C13H15N3OS. The third kappa shape index (κ3) is 2.94. The second-order valence-corrected chi connectivity index (χ2v) is 4.99. The van der Waals surface area contributed by atoms with E-state index < -0.39 is 6.04 Å². The molecule has 5 heteroatoms. The van der Waals surface area contributed by atoms with Crippen LogP contribution in [-0.4, -0.2) is 10.9 Å². The number of nitrogens with two attached hydrogens (primary N) is 1. The Bertz CT molecular complexity index is 498. The second kappa shape index (κ2) is 5.75. The number of amides is 1. The molecule has 0 fully saturated rings. The van der Waals surface area contributed by atoms with E-state index >= 15 is 0 Å². The van der Waals surface area contributed by atoms with Crippen molar-refractivity contribution in [2.45, 2.75) is 19.0 Å². The zero-order valence-electron chi connectivity index (χ0n) is 10.0. The third-order valence-corrected chi connectivity index (χ3v) is 3.63. The van der Waals surface area contributed by atoms with Crippen LogP contribution in [0.5, 0.6) is 0 Å². The van der Waals surface area contributed by atoms with Crippen LogP contribution in [0, 0.1) is 0 Å². The largest absolute Gasteiger partial charge is 0.348 e. The highest BCUT2D eigenvalue weighted by atomic mass is 32.1. The van der Waals surface area contributed by atoms with Crippen LogP contribution in [0.1, 0.15) is 29.4 Å². The lowest BCUT2D eigenvalue weighted by molar-refractivity contribution is -0.123. The number of thiophene rings is 1. The van der Waals surface area contributed by atoms with E-state index in [9.17, 15) is 4.79 Å². The number of rotatable bonds is 4. The SMILES string of the molecule is C[C@@H](NC(=O)C(N)c1cccs1)c1cccnc1. The van der Waals surface area contributed by atoms with Gasteiger partial charge in [0.15, 0.2) is 0 Å². The molecule has 1 unspecified atom stereocenters. The van der Waals surface area contributed by atoms with Crippen LogP contribution in [0.25, 0.3) is 0 Å². The maximum absolute atomic E-state index is 12.0. The van der Waals surface area contributed by atoms with Crippen molar-refractivity contribution in [3.8, 4) is 0 Å². The molecule has 2 rings (SSSR count). The minimum Gasteiger partial charge on any atom is -0.348 e. The van der Waals surface area contributed by atoms with Crippen molar-refractivity contribution in [2.75, 3.05) is 0 Å². The van der Waals surface area contributed by atoms with E-state index in [1.165, 1.54) is 11.3 Å². The van der Waals surface area contributed by atoms with Crippen LogP contribution >= 0.6 is 11.3 Å². The topological polar surface area (TPSA) is 68.0 Å². The number of nitrogens with zero attached hydrogens (tertiary/aromatic N) is 1. The summed E-state index contributed by atoms with van der Waals surface area (Å²) in [6.45, 7) is 1.91. The maximum Gasteiger partial charge on any atom is 0.242 e. The zero-order chi connectivity index (χ0) is 13.0. The summed E-state index contributed by atoms with van der Waals surface area (Å²) in [5.74, 6) is -0.172. The average Bonchev–Trinajstić information content (AvgIpc) is 2.92. The van der Waals surface area contributed by atoms with Crippen molar-refractivity contribution < 1.29 is 4.79 Å². The summed E-state index contributed by atoms with van der Waals surface area (Å²) in [5, 5.41) is 4.80. The molecule has 94 valence electrons. The predicted molar refractivity (Wildman–Crippen MR) is 72.0 cm³/mol. The Kier molecular flexibility index (Phi) is 4.07. The minimum absolute atomic E-state index is 0.0998. The summed E-state index contributed by atoms with van der Waals surface area (Å²) in [6, 6.07) is 6.81. The molecule has 0 aromatic carbocycles. The Labute approximate surface area is 110 Å². The number of carbonyl (C=O) groups excluding carboxylic acids is 1. The van der Waals surface area contributed by atoms with E-state index in [4.69, 9.17) is 5.73 Å². The van der Waals surface area contributed by atoms with Gasteiger partial charge in [0.2, 0.25) is 5.91 Å². The van der Waals surface area contributed by atoms with Crippen molar-refractivity contribution in [2.24, 2.45) is 5.73 Å². The Morgan fingerprint density at radius 1 is 1.44 bits per heavy atom. The number of pyridine rings is 1. The molecule has 2 heterocycles. The fourth-order valence-corrected chi connectivity index (χ4v) is 2.34. The summed E-state index contributed by atoms with van der Waals surface area (Å²) >= 11 is 1.48. The number of carbonyl (C=O) groups is 1. The molecule has 18 heavy (non-hydrogen) atoms. The quantitative estimate of drug-likeness (QED) is 0.884. The van der Waals surface area contributed by atoms with Crippen LogP contribution in [-0.2, 0) is 4.79 Å². The molecule has 2 aromatic rings. The van der Waals surface area contributed by atoms with Crippen LogP contribution < -0.4 is 11.1 Å². The van der Waals surface area contributed by atoms with Crippen LogP contribution in [0.2, 0.25) is 0 Å². The molecule has 0 aliphatic carbocycles. The highest BCUT2D eigenvalue weighted by molar-refractivity contribution is 7.10. The summed E-state index contributed by atoms with van der Waals surface area (Å²) < 4.78 is 0. The highest BCUT2D eigenvalue weighted by Gasteiger charge is 2.18. The fourth-order valence-electron chi connectivity index (χ4n) is 1.62. The van der Waals surface area contributed by atoms with Crippen LogP contribution in [0.15, 0.2) is 42.0 Å². The molecule has 0 saturated heterocycles. The first-order chi connectivity index (χ1) is 8.68. The van der Waals surface area contributed by atoms with Gasteiger partial charge in [0, 0.05) is 17.3 Å². The number of aromatic nitrogens is 1. The van der Waals surface area contributed by atoms with Gasteiger partial charge in [-0.05, 0) is 30.0 Å². The number of nitrogens with one attached hydrogen (secondary N) is 1. The van der Waals surface area contributed by atoms with Gasteiger partial charge in [-0.2, -0.15) is 0 Å². The lowest BCUT2D eigenvalue weighted by Crippen LogP contribution is -2.35. The third-order valence-electron chi connectivity index (χ3n) is 2.68. The van der Waals surface area contributed by atoms with Gasteiger partial charge in [-0.1, -0.05) is 12.1 Å². The van der Waals surface area contributed by atoms with E-state index in [1.807, 2.05) is 36.6 Å². The normalized spacial score (nSPS) is 13.9. The van der Waals surface area contributed by atoms with Crippen molar-refractivity contribution in [3.63, 3.8) is 0 Å². The van der Waals surface area contributed by atoms with Gasteiger partial charge in [-0.15, -0.1) is 11.3 Å². The van der Waals surface area contributed by atoms with Crippen LogP contribution in [0.4, 0.5) is 0 Å². The number of hydrogen-bond donors (Lipinski definition) is 2. The molecule has 2 atom stereocenters. The first-order valence-electron chi connectivity index (χ1n) is 5.68. The van der Waals surface area contributed by atoms with Crippen LogP contribution in [0.3, 0.4) is 0 Å². The van der Waals surface area contributed by atoms with E-state index in [0.29, 0.717) is 0 Å². The molecule has 3 N–H and O–H groups in total. The summed E-state index contributed by atoms with van der Waals surface area (Å²) in [6.07, 6.45) is 3.44. The smallest absolute Gasteiger partial charge is 0.242 e. The molecule has 4 nitrogen and oxygen atoms in total. The Balaban J connectivity index is 1.99. The van der Waals surface area contributed by atoms with Gasteiger partial charge in [-0.25, -0.2) is 0 Å². The molecule has 2 aromatic heterocycles. The molecule has 0 aliphatic rings. The minimum atomic E-state index is -0.607.